The lowest BCUT2D eigenvalue weighted by molar-refractivity contribution is -0.142. The van der Waals surface area contributed by atoms with Crippen molar-refractivity contribution in [3.8, 4) is 5.75 Å². The van der Waals surface area contributed by atoms with E-state index in [0.29, 0.717) is 42.7 Å². The van der Waals surface area contributed by atoms with Crippen molar-refractivity contribution in [2.24, 2.45) is 16.2 Å². The minimum absolute atomic E-state index is 0.0866. The molecule has 0 radical (unpaired) electrons. The Morgan fingerprint density at radius 3 is 2.77 bits per heavy atom. The van der Waals surface area contributed by atoms with Crippen LogP contribution in [0.15, 0.2) is 52.9 Å². The lowest BCUT2D eigenvalue weighted by Crippen LogP contribution is -2.49. The molecule has 12 heteroatoms. The second-order valence-corrected chi connectivity index (χ2v) is 16.6. The SMILES string of the molecule is CO[C@H]1/C=C/CCC[S@@](=O)(CC(=O)CCC(F)(F)F)=NC(=O)c2ccc3c(c2)N(C[C@@H]2CC[C@H]21)C[C@@]1(CCCc2cc(Cl)ccc21)CO3. The van der Waals surface area contributed by atoms with Crippen LogP contribution < -0.4 is 9.64 Å². The van der Waals surface area contributed by atoms with Gasteiger partial charge in [-0.15, -0.1) is 0 Å². The number of aryl methyl sites for hydroxylation is 1. The first kappa shape index (κ1) is 35.0. The molecule has 1 spiro atoms. The molecule has 2 heterocycles. The lowest BCUT2D eigenvalue weighted by atomic mass is 9.68. The normalized spacial score (nSPS) is 29.8. The molecular weight excluding hydrogens is 665 g/mol. The van der Waals surface area contributed by atoms with Gasteiger partial charge in [-0.1, -0.05) is 29.8 Å². The Balaban J connectivity index is 1.39. The summed E-state index contributed by atoms with van der Waals surface area (Å²) in [5, 5.41) is 0.704. The van der Waals surface area contributed by atoms with E-state index >= 15 is 0 Å². The summed E-state index contributed by atoms with van der Waals surface area (Å²) >= 11 is 6.40. The first-order valence-electron chi connectivity index (χ1n) is 16.7. The summed E-state index contributed by atoms with van der Waals surface area (Å²) in [5.74, 6) is -1.11. The molecule has 4 aliphatic rings. The van der Waals surface area contributed by atoms with E-state index in [-0.39, 0.29) is 28.8 Å². The molecule has 2 aliphatic heterocycles. The van der Waals surface area contributed by atoms with E-state index in [0.717, 1.165) is 44.3 Å². The number of carbonyl (C=O) groups excluding carboxylic acids is 2. The van der Waals surface area contributed by atoms with Crippen molar-refractivity contribution < 1.29 is 36.4 Å². The van der Waals surface area contributed by atoms with Crippen molar-refractivity contribution >= 4 is 38.7 Å². The Morgan fingerprint density at radius 2 is 2.02 bits per heavy atom. The van der Waals surface area contributed by atoms with Gasteiger partial charge in [0.2, 0.25) is 0 Å². The van der Waals surface area contributed by atoms with Gasteiger partial charge in [-0.3, -0.25) is 9.59 Å². The number of amides is 1. The fraction of sp³-hybridized carbons (Fsp3) is 0.556. The number of rotatable bonds is 5. The molecule has 7 nitrogen and oxygen atoms in total. The summed E-state index contributed by atoms with van der Waals surface area (Å²) in [6.07, 6.45) is 3.02. The first-order valence-corrected chi connectivity index (χ1v) is 19.0. The lowest BCUT2D eigenvalue weighted by Gasteiger charge is -2.46. The molecule has 2 aliphatic carbocycles. The van der Waals surface area contributed by atoms with Crippen molar-refractivity contribution in [2.75, 3.05) is 43.2 Å². The molecule has 2 aromatic carbocycles. The van der Waals surface area contributed by atoms with Crippen LogP contribution >= 0.6 is 11.6 Å². The maximum absolute atomic E-state index is 14.0. The highest BCUT2D eigenvalue weighted by atomic mass is 35.5. The maximum atomic E-state index is 14.0. The Morgan fingerprint density at radius 1 is 1.19 bits per heavy atom. The molecular formula is C36H42ClF3N2O5S. The smallest absolute Gasteiger partial charge is 0.389 e. The minimum Gasteiger partial charge on any atom is -0.490 e. The summed E-state index contributed by atoms with van der Waals surface area (Å²) < 4.78 is 69.0. The number of nitrogens with zero attached hydrogens (tertiary/aromatic N) is 2. The van der Waals surface area contributed by atoms with Gasteiger partial charge >= 0.3 is 6.18 Å². The van der Waals surface area contributed by atoms with Crippen LogP contribution in [0.1, 0.15) is 72.9 Å². The van der Waals surface area contributed by atoms with Gasteiger partial charge in [0.15, 0.2) is 0 Å². The third kappa shape index (κ3) is 7.78. The van der Waals surface area contributed by atoms with Crippen LogP contribution in [0.25, 0.3) is 0 Å². The fourth-order valence-corrected chi connectivity index (χ4v) is 9.96. The van der Waals surface area contributed by atoms with Crippen LogP contribution in [0.3, 0.4) is 0 Å². The predicted molar refractivity (Wildman–Crippen MR) is 181 cm³/mol. The molecule has 0 N–H and O–H groups in total. The number of ketones is 1. The molecule has 2 aromatic rings. The number of anilines is 1. The van der Waals surface area contributed by atoms with Crippen molar-refractivity contribution in [2.45, 2.75) is 75.5 Å². The topological polar surface area (TPSA) is 85.3 Å². The average Bonchev–Trinajstić information content (AvgIpc) is 3.17. The molecule has 5 atom stereocenters. The third-order valence-corrected chi connectivity index (χ3v) is 12.8. The standard InChI is InChI=1S/C36H42ClF3N2O5S/c1-46-32-7-3-2-4-17-48(45,21-28(43)14-16-36(38,39)40)41-34(44)25-9-13-33-31(19-25)42(20-26-8-11-29(26)32)22-35(23-47-33)15-5-6-24-18-27(37)10-12-30(24)35/h3,7,9-10,12-13,18-19,26,29,32H,2,4-6,8,11,14-17,20-23H2,1H3/b7-3+/t26-,29+,32-,35-,48+/m0/s1. The highest BCUT2D eigenvalue weighted by Gasteiger charge is 2.44. The second kappa shape index (κ2) is 14.2. The summed E-state index contributed by atoms with van der Waals surface area (Å²) in [6, 6.07) is 11.1. The van der Waals surface area contributed by atoms with Gasteiger partial charge in [-0.25, -0.2) is 4.21 Å². The van der Waals surface area contributed by atoms with E-state index in [1.165, 1.54) is 11.1 Å². The summed E-state index contributed by atoms with van der Waals surface area (Å²) in [4.78, 5) is 28.6. The zero-order valence-corrected chi connectivity index (χ0v) is 28.7. The summed E-state index contributed by atoms with van der Waals surface area (Å²) in [7, 11) is -1.77. The number of Topliss-reactive ketones (excluding diaryl/α,β-unsaturated/α-hetero) is 1. The highest BCUT2D eigenvalue weighted by molar-refractivity contribution is 7.94. The van der Waals surface area contributed by atoms with E-state index in [4.69, 9.17) is 21.1 Å². The predicted octanol–water partition coefficient (Wildman–Crippen LogP) is 7.72. The van der Waals surface area contributed by atoms with Crippen molar-refractivity contribution in [3.05, 3.63) is 70.3 Å². The molecule has 0 unspecified atom stereocenters. The molecule has 0 saturated heterocycles. The van der Waals surface area contributed by atoms with E-state index in [1.807, 2.05) is 24.3 Å². The first-order chi connectivity index (χ1) is 22.9. The van der Waals surface area contributed by atoms with Crippen LogP contribution in [0.2, 0.25) is 5.02 Å². The van der Waals surface area contributed by atoms with Gasteiger partial charge in [0.1, 0.15) is 11.5 Å². The van der Waals surface area contributed by atoms with Gasteiger partial charge < -0.3 is 14.4 Å². The van der Waals surface area contributed by atoms with Gasteiger partial charge in [0.25, 0.3) is 5.91 Å². The molecule has 1 saturated carbocycles. The summed E-state index contributed by atoms with van der Waals surface area (Å²) in [5.41, 5.74) is 3.07. The highest BCUT2D eigenvalue weighted by Crippen LogP contribution is 2.47. The number of halogens is 4. The molecule has 1 amide bonds. The second-order valence-electron chi connectivity index (χ2n) is 13.7. The van der Waals surface area contributed by atoms with Crippen molar-refractivity contribution in [1.82, 2.24) is 0 Å². The zero-order chi connectivity index (χ0) is 34.1. The number of ether oxygens (including phenoxy) is 2. The molecule has 260 valence electrons. The number of methoxy groups -OCH3 is 1. The molecule has 2 bridgehead atoms. The maximum Gasteiger partial charge on any atom is 0.389 e. The minimum atomic E-state index is -4.52. The average molecular weight is 707 g/mol. The van der Waals surface area contributed by atoms with Crippen LogP contribution in [0.5, 0.6) is 5.75 Å². The van der Waals surface area contributed by atoms with Crippen LogP contribution in [-0.2, 0) is 31.1 Å². The number of alkyl halides is 3. The number of hydrogen-bond donors (Lipinski definition) is 0. The van der Waals surface area contributed by atoms with Gasteiger partial charge in [0.05, 0.1) is 40.3 Å². The quantitative estimate of drug-likeness (QED) is 0.296. The Labute approximate surface area is 285 Å². The van der Waals surface area contributed by atoms with Gasteiger partial charge in [0, 0.05) is 48.4 Å². The largest absolute Gasteiger partial charge is 0.490 e. The Bertz CT molecular complexity index is 1700. The Kier molecular flexibility index (Phi) is 10.3. The molecule has 6 rings (SSSR count). The summed E-state index contributed by atoms with van der Waals surface area (Å²) in [6.45, 7) is 1.83. The van der Waals surface area contributed by atoms with Crippen LogP contribution in [0.4, 0.5) is 18.9 Å². The van der Waals surface area contributed by atoms with Gasteiger partial charge in [-0.05, 0) is 98.2 Å². The van der Waals surface area contributed by atoms with Crippen molar-refractivity contribution in [3.63, 3.8) is 0 Å². The van der Waals surface area contributed by atoms with Gasteiger partial charge in [-0.2, -0.15) is 17.5 Å². The number of hydrogen-bond acceptors (Lipinski definition) is 6. The van der Waals surface area contributed by atoms with E-state index in [1.54, 1.807) is 25.3 Å². The number of fused-ring (bicyclic) bond motifs is 4. The Hall–Kier alpha value is -2.89. The van der Waals surface area contributed by atoms with Crippen LogP contribution in [-0.4, -0.2) is 66.5 Å². The van der Waals surface area contributed by atoms with Crippen molar-refractivity contribution in [1.29, 1.82) is 0 Å². The van der Waals surface area contributed by atoms with Crippen LogP contribution in [0, 0.1) is 11.8 Å². The third-order valence-electron chi connectivity index (χ3n) is 10.4. The molecule has 0 aromatic heterocycles. The zero-order valence-electron chi connectivity index (χ0n) is 27.1. The van der Waals surface area contributed by atoms with E-state index in [9.17, 15) is 27.0 Å². The van der Waals surface area contributed by atoms with E-state index < -0.39 is 46.2 Å². The molecule has 48 heavy (non-hydrogen) atoms. The van der Waals surface area contributed by atoms with E-state index in [2.05, 4.69) is 15.3 Å². The number of benzene rings is 2. The number of carbonyl (C=O) groups is 2. The molecule has 1 fully saturated rings. The monoisotopic (exact) mass is 706 g/mol. The number of allylic oxidation sites excluding steroid dienone is 1. The fourth-order valence-electron chi connectivity index (χ4n) is 7.80.